The molecule has 0 unspecified atom stereocenters. The van der Waals surface area contributed by atoms with Gasteiger partial charge in [-0.2, -0.15) is 13.2 Å². The summed E-state index contributed by atoms with van der Waals surface area (Å²) < 4.78 is 81.5. The Morgan fingerprint density at radius 3 is 2.21 bits per heavy atom. The van der Waals surface area contributed by atoms with Crippen molar-refractivity contribution < 1.29 is 35.6 Å². The van der Waals surface area contributed by atoms with Gasteiger partial charge >= 0.3 is 6.18 Å². The van der Waals surface area contributed by atoms with Gasteiger partial charge in [0.1, 0.15) is 18.4 Å². The zero-order valence-corrected chi connectivity index (χ0v) is 25.3. The number of rotatable bonds is 12. The van der Waals surface area contributed by atoms with Gasteiger partial charge in [0.2, 0.25) is 21.8 Å². The standard InChI is InChI=1S/C30H32ClF4N3O4S/c1-4-20(2)36-29(40)27(16-21-10-6-5-7-11-21)37(18-22-12-8-9-13-25(22)32)28(39)19-38(43(3,41)42)26-17-23(30(33,34)35)14-15-24(26)31/h5-15,17,20,27H,4,16,18-19H2,1-3H3,(H,36,40)/t20-,27+/m1/s1. The van der Waals surface area contributed by atoms with E-state index in [1.807, 2.05) is 6.92 Å². The normalized spacial score (nSPS) is 13.2. The Hall–Kier alpha value is -3.64. The van der Waals surface area contributed by atoms with Crippen LogP contribution in [0.2, 0.25) is 5.02 Å². The number of alkyl halides is 3. The van der Waals surface area contributed by atoms with Crippen molar-refractivity contribution in [2.45, 2.75) is 51.5 Å². The van der Waals surface area contributed by atoms with Gasteiger partial charge in [0.05, 0.1) is 22.5 Å². The lowest BCUT2D eigenvalue weighted by Crippen LogP contribution is -2.54. The summed E-state index contributed by atoms with van der Waals surface area (Å²) in [7, 11) is -4.38. The third-order valence-corrected chi connectivity index (χ3v) is 8.24. The number of carbonyl (C=O) groups is 2. The largest absolute Gasteiger partial charge is 0.416 e. The number of benzene rings is 3. The zero-order valence-electron chi connectivity index (χ0n) is 23.7. The highest BCUT2D eigenvalue weighted by Gasteiger charge is 2.36. The van der Waals surface area contributed by atoms with Crippen molar-refractivity contribution in [3.05, 3.63) is 100 Å². The lowest BCUT2D eigenvalue weighted by atomic mass is 10.0. The quantitative estimate of drug-likeness (QED) is 0.253. The topological polar surface area (TPSA) is 86.8 Å². The van der Waals surface area contributed by atoms with E-state index in [-0.39, 0.29) is 23.0 Å². The fourth-order valence-electron chi connectivity index (χ4n) is 4.28. The van der Waals surface area contributed by atoms with Gasteiger partial charge in [-0.1, -0.05) is 67.1 Å². The van der Waals surface area contributed by atoms with Crippen LogP contribution in [0.15, 0.2) is 72.8 Å². The minimum Gasteiger partial charge on any atom is -0.352 e. The van der Waals surface area contributed by atoms with Crippen LogP contribution in [0.3, 0.4) is 0 Å². The van der Waals surface area contributed by atoms with Crippen molar-refractivity contribution in [3.63, 3.8) is 0 Å². The molecule has 3 aromatic carbocycles. The molecule has 7 nitrogen and oxygen atoms in total. The molecule has 0 aliphatic carbocycles. The summed E-state index contributed by atoms with van der Waals surface area (Å²) in [5.41, 5.74) is -1.03. The average Bonchev–Trinajstić information content (AvgIpc) is 2.94. The minimum absolute atomic E-state index is 0.00745. The maximum Gasteiger partial charge on any atom is 0.416 e. The number of amides is 2. The Labute approximate surface area is 253 Å². The molecule has 0 aliphatic rings. The average molecular weight is 642 g/mol. The molecule has 0 fully saturated rings. The molecule has 43 heavy (non-hydrogen) atoms. The van der Waals surface area contributed by atoms with E-state index in [2.05, 4.69) is 5.32 Å². The van der Waals surface area contributed by atoms with E-state index in [1.165, 1.54) is 24.3 Å². The van der Waals surface area contributed by atoms with Crippen molar-refractivity contribution in [2.24, 2.45) is 0 Å². The molecule has 0 aromatic heterocycles. The number of halogens is 5. The van der Waals surface area contributed by atoms with E-state index >= 15 is 0 Å². The summed E-state index contributed by atoms with van der Waals surface area (Å²) in [6.45, 7) is 2.19. The number of nitrogens with one attached hydrogen (secondary N) is 1. The van der Waals surface area contributed by atoms with Crippen LogP contribution in [0.4, 0.5) is 23.2 Å². The number of hydrogen-bond acceptors (Lipinski definition) is 4. The Morgan fingerprint density at radius 2 is 1.63 bits per heavy atom. The second-order valence-corrected chi connectivity index (χ2v) is 12.4. The molecule has 2 atom stereocenters. The number of nitrogens with zero attached hydrogens (tertiary/aromatic N) is 2. The molecule has 3 aromatic rings. The SMILES string of the molecule is CC[C@@H](C)NC(=O)[C@H](Cc1ccccc1)N(Cc1ccccc1F)C(=O)CN(c1cc(C(F)(F)F)ccc1Cl)S(C)(=O)=O. The van der Waals surface area contributed by atoms with Crippen molar-refractivity contribution in [2.75, 3.05) is 17.1 Å². The van der Waals surface area contributed by atoms with Gasteiger partial charge < -0.3 is 10.2 Å². The molecule has 0 saturated heterocycles. The first-order valence-electron chi connectivity index (χ1n) is 13.3. The lowest BCUT2D eigenvalue weighted by Gasteiger charge is -2.34. The summed E-state index contributed by atoms with van der Waals surface area (Å²) in [5, 5.41) is 2.48. The van der Waals surface area contributed by atoms with Gasteiger partial charge in [-0.05, 0) is 43.2 Å². The second kappa shape index (κ2) is 14.2. The molecular weight excluding hydrogens is 610 g/mol. The van der Waals surface area contributed by atoms with Gasteiger partial charge in [0, 0.05) is 24.6 Å². The van der Waals surface area contributed by atoms with Crippen molar-refractivity contribution in [1.29, 1.82) is 0 Å². The minimum atomic E-state index is -4.82. The van der Waals surface area contributed by atoms with Gasteiger partial charge in [-0.25, -0.2) is 12.8 Å². The van der Waals surface area contributed by atoms with E-state index in [9.17, 15) is 35.6 Å². The van der Waals surface area contributed by atoms with Crippen LogP contribution in [-0.2, 0) is 38.8 Å². The van der Waals surface area contributed by atoms with Gasteiger partial charge in [-0.3, -0.25) is 13.9 Å². The van der Waals surface area contributed by atoms with Crippen LogP contribution < -0.4 is 9.62 Å². The fourth-order valence-corrected chi connectivity index (χ4v) is 5.40. The Balaban J connectivity index is 2.13. The number of hydrogen-bond donors (Lipinski definition) is 1. The summed E-state index contributed by atoms with van der Waals surface area (Å²) in [4.78, 5) is 28.7. The first-order valence-corrected chi connectivity index (χ1v) is 15.6. The van der Waals surface area contributed by atoms with Crippen LogP contribution in [0, 0.1) is 5.82 Å². The van der Waals surface area contributed by atoms with Gasteiger partial charge in [0.25, 0.3) is 0 Å². The highest BCUT2D eigenvalue weighted by atomic mass is 35.5. The monoisotopic (exact) mass is 641 g/mol. The third-order valence-electron chi connectivity index (χ3n) is 6.79. The van der Waals surface area contributed by atoms with E-state index in [0.717, 1.165) is 17.2 Å². The first kappa shape index (κ1) is 33.9. The Kier molecular flexibility index (Phi) is 11.2. The Bertz CT molecular complexity index is 1540. The van der Waals surface area contributed by atoms with Crippen LogP contribution in [-0.4, -0.2) is 50.0 Å². The maximum absolute atomic E-state index is 14.8. The number of carbonyl (C=O) groups excluding carboxylic acids is 2. The van der Waals surface area contributed by atoms with Crippen LogP contribution in [0.5, 0.6) is 0 Å². The van der Waals surface area contributed by atoms with E-state index in [4.69, 9.17) is 11.6 Å². The molecule has 1 N–H and O–H groups in total. The van der Waals surface area contributed by atoms with Crippen LogP contribution in [0.1, 0.15) is 37.0 Å². The molecule has 0 bridgehead atoms. The molecule has 3 rings (SSSR count). The number of anilines is 1. The summed E-state index contributed by atoms with van der Waals surface area (Å²) in [6, 6.07) is 14.9. The zero-order chi connectivity index (χ0) is 31.9. The van der Waals surface area contributed by atoms with Gasteiger partial charge in [0.15, 0.2) is 0 Å². The molecule has 0 radical (unpaired) electrons. The van der Waals surface area contributed by atoms with Crippen molar-refractivity contribution in [3.8, 4) is 0 Å². The molecule has 0 heterocycles. The molecule has 0 aliphatic heterocycles. The third kappa shape index (κ3) is 9.17. The van der Waals surface area contributed by atoms with E-state index < -0.39 is 64.2 Å². The van der Waals surface area contributed by atoms with Crippen molar-refractivity contribution >= 4 is 39.1 Å². The molecule has 232 valence electrons. The van der Waals surface area contributed by atoms with Gasteiger partial charge in [-0.15, -0.1) is 0 Å². The molecule has 2 amide bonds. The van der Waals surface area contributed by atoms with E-state index in [1.54, 1.807) is 37.3 Å². The summed E-state index contributed by atoms with van der Waals surface area (Å²) in [6.07, 6.45) is -3.54. The van der Waals surface area contributed by atoms with E-state index in [0.29, 0.717) is 28.4 Å². The highest BCUT2D eigenvalue weighted by molar-refractivity contribution is 7.92. The fraction of sp³-hybridized carbons (Fsp3) is 0.333. The predicted octanol–water partition coefficient (Wildman–Crippen LogP) is 5.82. The van der Waals surface area contributed by atoms with Crippen LogP contribution in [0.25, 0.3) is 0 Å². The highest BCUT2D eigenvalue weighted by Crippen LogP contribution is 2.36. The summed E-state index contributed by atoms with van der Waals surface area (Å²) >= 11 is 6.14. The maximum atomic E-state index is 14.8. The smallest absolute Gasteiger partial charge is 0.352 e. The first-order chi connectivity index (χ1) is 20.1. The van der Waals surface area contributed by atoms with Crippen LogP contribution >= 0.6 is 11.6 Å². The molecule has 0 spiro atoms. The molecular formula is C30H32ClF4N3O4S. The molecule has 13 heteroatoms. The summed E-state index contributed by atoms with van der Waals surface area (Å²) in [5.74, 6) is -2.18. The molecule has 0 saturated carbocycles. The predicted molar refractivity (Wildman–Crippen MR) is 157 cm³/mol. The Morgan fingerprint density at radius 1 is 1.00 bits per heavy atom. The second-order valence-electron chi connectivity index (χ2n) is 10.1. The van der Waals surface area contributed by atoms with Crippen molar-refractivity contribution in [1.82, 2.24) is 10.2 Å². The number of sulfonamides is 1. The lowest BCUT2D eigenvalue weighted by molar-refractivity contribution is -0.140.